The molecule has 0 atom stereocenters. The van der Waals surface area contributed by atoms with Crippen LogP contribution in [0.15, 0.2) is 54.6 Å². The quantitative estimate of drug-likeness (QED) is 0.728. The fourth-order valence-electron chi connectivity index (χ4n) is 1.87. The van der Waals surface area contributed by atoms with E-state index in [1.165, 1.54) is 0 Å². The topological polar surface area (TPSA) is 26.3 Å². The minimum atomic E-state index is 0.0410. The zero-order valence-corrected chi connectivity index (χ0v) is 12.0. The molecular formula is C18H20O2. The van der Waals surface area contributed by atoms with Crippen LogP contribution in [0.3, 0.4) is 0 Å². The van der Waals surface area contributed by atoms with Gasteiger partial charge in [0.1, 0.15) is 5.75 Å². The lowest BCUT2D eigenvalue weighted by Gasteiger charge is -2.08. The monoisotopic (exact) mass is 268 g/mol. The predicted octanol–water partition coefficient (Wildman–Crippen LogP) is 4.34. The normalized spacial score (nSPS) is 10.6. The Kier molecular flexibility index (Phi) is 4.94. The second-order valence-corrected chi connectivity index (χ2v) is 5.25. The molecule has 0 amide bonds. The van der Waals surface area contributed by atoms with Crippen molar-refractivity contribution in [3.05, 3.63) is 65.7 Å². The van der Waals surface area contributed by atoms with Gasteiger partial charge in [0.25, 0.3) is 0 Å². The summed E-state index contributed by atoms with van der Waals surface area (Å²) in [5.74, 6) is 1.49. The van der Waals surface area contributed by atoms with Crippen molar-refractivity contribution in [1.29, 1.82) is 0 Å². The number of carbonyl (C=O) groups excluding carboxylic acids is 1. The van der Waals surface area contributed by atoms with Crippen molar-refractivity contribution in [3.8, 4) is 5.75 Å². The van der Waals surface area contributed by atoms with E-state index >= 15 is 0 Å². The highest BCUT2D eigenvalue weighted by atomic mass is 16.5. The van der Waals surface area contributed by atoms with Gasteiger partial charge in [-0.3, -0.25) is 4.79 Å². The van der Waals surface area contributed by atoms with Crippen LogP contribution in [0.25, 0.3) is 0 Å². The van der Waals surface area contributed by atoms with E-state index in [0.29, 0.717) is 23.7 Å². The van der Waals surface area contributed by atoms with Crippen LogP contribution >= 0.6 is 0 Å². The van der Waals surface area contributed by atoms with Crippen molar-refractivity contribution in [3.63, 3.8) is 0 Å². The summed E-state index contributed by atoms with van der Waals surface area (Å²) in [4.78, 5) is 12.2. The first-order valence-electron chi connectivity index (χ1n) is 6.99. The molecule has 2 aromatic carbocycles. The van der Waals surface area contributed by atoms with E-state index in [2.05, 4.69) is 13.8 Å². The van der Waals surface area contributed by atoms with Crippen LogP contribution in [0, 0.1) is 5.92 Å². The van der Waals surface area contributed by atoms with Crippen LogP contribution in [-0.4, -0.2) is 12.4 Å². The number of hydrogen-bond donors (Lipinski definition) is 0. The van der Waals surface area contributed by atoms with E-state index in [1.807, 2.05) is 54.6 Å². The van der Waals surface area contributed by atoms with Gasteiger partial charge in [-0.05, 0) is 36.6 Å². The van der Waals surface area contributed by atoms with Crippen molar-refractivity contribution >= 4 is 5.78 Å². The summed E-state index contributed by atoms with van der Waals surface area (Å²) in [6.45, 7) is 5.06. The van der Waals surface area contributed by atoms with Crippen molar-refractivity contribution < 1.29 is 9.53 Å². The molecule has 0 aliphatic heterocycles. The number of ketones is 1. The molecule has 2 rings (SSSR count). The molecule has 0 unspecified atom stereocenters. The van der Waals surface area contributed by atoms with E-state index in [4.69, 9.17) is 4.74 Å². The molecule has 0 aliphatic rings. The van der Waals surface area contributed by atoms with Crippen LogP contribution in [0.1, 0.15) is 36.2 Å². The van der Waals surface area contributed by atoms with Gasteiger partial charge in [-0.1, -0.05) is 44.2 Å². The Morgan fingerprint density at radius 3 is 2.15 bits per heavy atom. The van der Waals surface area contributed by atoms with Crippen molar-refractivity contribution in [2.24, 2.45) is 5.92 Å². The van der Waals surface area contributed by atoms with Gasteiger partial charge in [0.05, 0.1) is 6.61 Å². The Bertz CT molecular complexity index is 541. The molecule has 0 saturated heterocycles. The maximum Gasteiger partial charge on any atom is 0.193 e. The SMILES string of the molecule is CC(C)CCOc1ccc(C(=O)c2ccccc2)cc1. The summed E-state index contributed by atoms with van der Waals surface area (Å²) >= 11 is 0. The average Bonchev–Trinajstić information content (AvgIpc) is 2.48. The van der Waals surface area contributed by atoms with E-state index in [1.54, 1.807) is 0 Å². The maximum atomic E-state index is 12.2. The Morgan fingerprint density at radius 1 is 0.950 bits per heavy atom. The van der Waals surface area contributed by atoms with Crippen molar-refractivity contribution in [2.45, 2.75) is 20.3 Å². The largest absolute Gasteiger partial charge is 0.494 e. The molecule has 0 bridgehead atoms. The fraction of sp³-hybridized carbons (Fsp3) is 0.278. The van der Waals surface area contributed by atoms with Crippen LogP contribution < -0.4 is 4.74 Å². The number of benzene rings is 2. The average molecular weight is 268 g/mol. The molecular weight excluding hydrogens is 248 g/mol. The fourth-order valence-corrected chi connectivity index (χ4v) is 1.87. The highest BCUT2D eigenvalue weighted by Crippen LogP contribution is 2.16. The first-order chi connectivity index (χ1) is 9.66. The molecule has 0 spiro atoms. The highest BCUT2D eigenvalue weighted by molar-refractivity contribution is 6.08. The van der Waals surface area contributed by atoms with Crippen molar-refractivity contribution in [1.82, 2.24) is 0 Å². The van der Waals surface area contributed by atoms with Gasteiger partial charge in [-0.25, -0.2) is 0 Å². The smallest absolute Gasteiger partial charge is 0.193 e. The molecule has 0 fully saturated rings. The molecule has 0 heterocycles. The minimum Gasteiger partial charge on any atom is -0.494 e. The molecule has 104 valence electrons. The molecule has 0 aliphatic carbocycles. The van der Waals surface area contributed by atoms with Gasteiger partial charge in [-0.15, -0.1) is 0 Å². The summed E-state index contributed by atoms with van der Waals surface area (Å²) in [7, 11) is 0. The first-order valence-corrected chi connectivity index (χ1v) is 6.99. The lowest BCUT2D eigenvalue weighted by Crippen LogP contribution is -2.03. The van der Waals surface area contributed by atoms with E-state index in [0.717, 1.165) is 12.2 Å². The molecule has 0 aromatic heterocycles. The van der Waals surface area contributed by atoms with Gasteiger partial charge < -0.3 is 4.74 Å². The molecule has 20 heavy (non-hydrogen) atoms. The first kappa shape index (κ1) is 14.3. The van der Waals surface area contributed by atoms with Gasteiger partial charge in [0.2, 0.25) is 0 Å². The second-order valence-electron chi connectivity index (χ2n) is 5.25. The predicted molar refractivity (Wildman–Crippen MR) is 81.3 cm³/mol. The number of carbonyl (C=O) groups is 1. The minimum absolute atomic E-state index is 0.0410. The van der Waals surface area contributed by atoms with Gasteiger partial charge in [-0.2, -0.15) is 0 Å². The Morgan fingerprint density at radius 2 is 1.55 bits per heavy atom. The van der Waals surface area contributed by atoms with Gasteiger partial charge in [0, 0.05) is 11.1 Å². The van der Waals surface area contributed by atoms with E-state index in [9.17, 15) is 4.79 Å². The highest BCUT2D eigenvalue weighted by Gasteiger charge is 2.08. The van der Waals surface area contributed by atoms with Crippen LogP contribution in [0.4, 0.5) is 0 Å². The summed E-state index contributed by atoms with van der Waals surface area (Å²) < 4.78 is 5.65. The third-order valence-corrected chi connectivity index (χ3v) is 3.12. The molecule has 2 nitrogen and oxygen atoms in total. The molecule has 0 saturated carbocycles. The second kappa shape index (κ2) is 6.90. The lowest BCUT2D eigenvalue weighted by atomic mass is 10.0. The Balaban J connectivity index is 1.99. The summed E-state index contributed by atoms with van der Waals surface area (Å²) in [5.41, 5.74) is 1.40. The molecule has 0 N–H and O–H groups in total. The molecule has 2 heteroatoms. The zero-order valence-electron chi connectivity index (χ0n) is 12.0. The Labute approximate surface area is 120 Å². The third-order valence-electron chi connectivity index (χ3n) is 3.12. The number of hydrogen-bond acceptors (Lipinski definition) is 2. The van der Waals surface area contributed by atoms with E-state index in [-0.39, 0.29) is 5.78 Å². The lowest BCUT2D eigenvalue weighted by molar-refractivity contribution is 0.103. The van der Waals surface area contributed by atoms with Gasteiger partial charge >= 0.3 is 0 Å². The number of ether oxygens (including phenoxy) is 1. The molecule has 0 radical (unpaired) electrons. The maximum absolute atomic E-state index is 12.2. The van der Waals surface area contributed by atoms with Crippen molar-refractivity contribution in [2.75, 3.05) is 6.61 Å². The summed E-state index contributed by atoms with van der Waals surface area (Å²) in [6.07, 6.45) is 1.03. The van der Waals surface area contributed by atoms with E-state index < -0.39 is 0 Å². The summed E-state index contributed by atoms with van der Waals surface area (Å²) in [5, 5.41) is 0. The number of rotatable bonds is 6. The standard InChI is InChI=1S/C18H20O2/c1-14(2)12-13-20-17-10-8-16(9-11-17)18(19)15-6-4-3-5-7-15/h3-11,14H,12-13H2,1-2H3. The third kappa shape index (κ3) is 3.95. The van der Waals surface area contributed by atoms with Crippen LogP contribution in [0.2, 0.25) is 0 Å². The Hall–Kier alpha value is -2.09. The van der Waals surface area contributed by atoms with Crippen LogP contribution in [-0.2, 0) is 0 Å². The van der Waals surface area contributed by atoms with Crippen LogP contribution in [0.5, 0.6) is 5.75 Å². The molecule has 2 aromatic rings. The summed E-state index contributed by atoms with van der Waals surface area (Å²) in [6, 6.07) is 16.7. The zero-order chi connectivity index (χ0) is 14.4. The van der Waals surface area contributed by atoms with Gasteiger partial charge in [0.15, 0.2) is 5.78 Å².